The summed E-state index contributed by atoms with van der Waals surface area (Å²) in [4.78, 5) is 11.6. The third kappa shape index (κ3) is 4.27. The molecule has 0 aromatic heterocycles. The lowest BCUT2D eigenvalue weighted by Crippen LogP contribution is -2.48. The highest BCUT2D eigenvalue weighted by Crippen LogP contribution is 2.07. The number of likely N-dealkylation sites (N-methyl/N-ethyl adjacent to an activating group) is 1. The van der Waals surface area contributed by atoms with Crippen molar-refractivity contribution in [3.05, 3.63) is 0 Å². The van der Waals surface area contributed by atoms with Gasteiger partial charge in [-0.2, -0.15) is 0 Å². The van der Waals surface area contributed by atoms with Crippen molar-refractivity contribution in [2.24, 2.45) is 5.92 Å². The van der Waals surface area contributed by atoms with Gasteiger partial charge in [0, 0.05) is 6.04 Å². The van der Waals surface area contributed by atoms with Gasteiger partial charge in [-0.15, -0.1) is 0 Å². The molecule has 0 saturated heterocycles. The van der Waals surface area contributed by atoms with Crippen molar-refractivity contribution in [3.63, 3.8) is 0 Å². The van der Waals surface area contributed by atoms with E-state index in [2.05, 4.69) is 24.5 Å². The van der Waals surface area contributed by atoms with Crippen LogP contribution in [-0.4, -0.2) is 25.0 Å². The average Bonchev–Trinajstić information content (AvgIpc) is 2.03. The van der Waals surface area contributed by atoms with Gasteiger partial charge >= 0.3 is 0 Å². The second-order valence-electron chi connectivity index (χ2n) is 3.82. The average molecular weight is 186 g/mol. The lowest BCUT2D eigenvalue weighted by atomic mass is 9.98. The van der Waals surface area contributed by atoms with Gasteiger partial charge in [-0.3, -0.25) is 4.79 Å². The minimum absolute atomic E-state index is 0.0626. The summed E-state index contributed by atoms with van der Waals surface area (Å²) in [6.45, 7) is 8.13. The number of carbonyl (C=O) groups is 1. The van der Waals surface area contributed by atoms with E-state index in [1.807, 2.05) is 20.9 Å². The van der Waals surface area contributed by atoms with Crippen molar-refractivity contribution in [2.45, 2.75) is 46.2 Å². The molecule has 0 aliphatic rings. The molecule has 0 fully saturated rings. The number of hydrogen-bond donors (Lipinski definition) is 2. The van der Waals surface area contributed by atoms with Crippen LogP contribution in [0, 0.1) is 5.92 Å². The van der Waals surface area contributed by atoms with Crippen LogP contribution in [0.5, 0.6) is 0 Å². The van der Waals surface area contributed by atoms with Gasteiger partial charge in [-0.25, -0.2) is 0 Å². The molecule has 0 radical (unpaired) electrons. The molecule has 78 valence electrons. The number of rotatable bonds is 5. The molecule has 1 unspecified atom stereocenters. The zero-order chi connectivity index (χ0) is 10.4. The van der Waals surface area contributed by atoms with Crippen LogP contribution in [0.15, 0.2) is 0 Å². The molecule has 3 nitrogen and oxygen atoms in total. The van der Waals surface area contributed by atoms with Crippen LogP contribution in [0.2, 0.25) is 0 Å². The Bertz CT molecular complexity index is 157. The second-order valence-corrected chi connectivity index (χ2v) is 3.82. The monoisotopic (exact) mass is 186 g/mol. The van der Waals surface area contributed by atoms with E-state index in [9.17, 15) is 4.79 Å². The molecule has 3 heteroatoms. The summed E-state index contributed by atoms with van der Waals surface area (Å²) in [6.07, 6.45) is 1.01. The van der Waals surface area contributed by atoms with Crippen molar-refractivity contribution in [3.8, 4) is 0 Å². The van der Waals surface area contributed by atoms with Crippen molar-refractivity contribution < 1.29 is 4.79 Å². The highest BCUT2D eigenvalue weighted by molar-refractivity contribution is 5.82. The lowest BCUT2D eigenvalue weighted by molar-refractivity contribution is -0.124. The maximum Gasteiger partial charge on any atom is 0.237 e. The van der Waals surface area contributed by atoms with Crippen LogP contribution in [0.3, 0.4) is 0 Å². The van der Waals surface area contributed by atoms with E-state index in [0.717, 1.165) is 6.42 Å². The zero-order valence-corrected chi connectivity index (χ0v) is 9.35. The van der Waals surface area contributed by atoms with Gasteiger partial charge in [0.2, 0.25) is 5.91 Å². The summed E-state index contributed by atoms with van der Waals surface area (Å²) < 4.78 is 0. The van der Waals surface area contributed by atoms with E-state index in [0.29, 0.717) is 5.92 Å². The van der Waals surface area contributed by atoms with E-state index >= 15 is 0 Å². The fourth-order valence-electron chi connectivity index (χ4n) is 1.28. The summed E-state index contributed by atoms with van der Waals surface area (Å²) in [6, 6.07) is 0.153. The normalized spacial score (nSPS) is 15.5. The minimum atomic E-state index is -0.0626. The Morgan fingerprint density at radius 2 is 1.85 bits per heavy atom. The van der Waals surface area contributed by atoms with E-state index in [4.69, 9.17) is 0 Å². The van der Waals surface area contributed by atoms with Crippen molar-refractivity contribution >= 4 is 5.91 Å². The molecule has 0 rings (SSSR count). The molecule has 0 heterocycles. The Hall–Kier alpha value is -0.570. The topological polar surface area (TPSA) is 41.1 Å². The quantitative estimate of drug-likeness (QED) is 0.676. The predicted octanol–water partition coefficient (Wildman–Crippen LogP) is 1.15. The largest absolute Gasteiger partial charge is 0.353 e. The molecule has 1 amide bonds. The third-order valence-corrected chi connectivity index (χ3v) is 2.24. The lowest BCUT2D eigenvalue weighted by Gasteiger charge is -2.22. The Balaban J connectivity index is 4.15. The Morgan fingerprint density at radius 1 is 1.31 bits per heavy atom. The maximum atomic E-state index is 11.6. The number of carbonyl (C=O) groups excluding carboxylic acids is 1. The predicted molar refractivity (Wildman–Crippen MR) is 55.6 cm³/mol. The SMILES string of the molecule is CCC(C)[C@@H](NC)C(=O)NC(C)C. The van der Waals surface area contributed by atoms with Gasteiger partial charge in [0.15, 0.2) is 0 Å². The van der Waals surface area contributed by atoms with Gasteiger partial charge in [0.1, 0.15) is 0 Å². The first kappa shape index (κ1) is 12.4. The van der Waals surface area contributed by atoms with Crippen LogP contribution in [0.25, 0.3) is 0 Å². The summed E-state index contributed by atoms with van der Waals surface area (Å²) >= 11 is 0. The first-order chi connectivity index (χ1) is 6.02. The number of amides is 1. The van der Waals surface area contributed by atoms with Crippen LogP contribution >= 0.6 is 0 Å². The van der Waals surface area contributed by atoms with Crippen LogP contribution in [0.1, 0.15) is 34.1 Å². The zero-order valence-electron chi connectivity index (χ0n) is 9.35. The highest BCUT2D eigenvalue weighted by atomic mass is 16.2. The fraction of sp³-hybridized carbons (Fsp3) is 0.900. The van der Waals surface area contributed by atoms with Crippen molar-refractivity contribution in [1.82, 2.24) is 10.6 Å². The van der Waals surface area contributed by atoms with Gasteiger partial charge in [-0.05, 0) is 26.8 Å². The van der Waals surface area contributed by atoms with Crippen LogP contribution in [-0.2, 0) is 4.79 Å². The van der Waals surface area contributed by atoms with Crippen LogP contribution < -0.4 is 10.6 Å². The molecule has 0 aromatic rings. The van der Waals surface area contributed by atoms with E-state index in [1.54, 1.807) is 0 Å². The van der Waals surface area contributed by atoms with E-state index < -0.39 is 0 Å². The van der Waals surface area contributed by atoms with Crippen LogP contribution in [0.4, 0.5) is 0 Å². The molecular weight excluding hydrogens is 164 g/mol. The maximum absolute atomic E-state index is 11.6. The molecule has 2 atom stereocenters. The van der Waals surface area contributed by atoms with Gasteiger partial charge in [0.25, 0.3) is 0 Å². The van der Waals surface area contributed by atoms with E-state index in [1.165, 1.54) is 0 Å². The Morgan fingerprint density at radius 3 is 2.15 bits per heavy atom. The summed E-state index contributed by atoms with van der Waals surface area (Å²) in [7, 11) is 1.83. The summed E-state index contributed by atoms with van der Waals surface area (Å²) in [5.41, 5.74) is 0. The standard InChI is InChI=1S/C10H22N2O/c1-6-8(4)9(11-5)10(13)12-7(2)3/h7-9,11H,6H2,1-5H3,(H,12,13)/t8?,9-/m1/s1. The van der Waals surface area contributed by atoms with Gasteiger partial charge in [0.05, 0.1) is 6.04 Å². The molecular formula is C10H22N2O. The smallest absolute Gasteiger partial charge is 0.237 e. The Kier molecular flexibility index (Phi) is 5.71. The van der Waals surface area contributed by atoms with E-state index in [-0.39, 0.29) is 18.0 Å². The van der Waals surface area contributed by atoms with Crippen molar-refractivity contribution in [1.29, 1.82) is 0 Å². The van der Waals surface area contributed by atoms with Crippen molar-refractivity contribution in [2.75, 3.05) is 7.05 Å². The molecule has 2 N–H and O–H groups in total. The number of hydrogen-bond acceptors (Lipinski definition) is 2. The van der Waals surface area contributed by atoms with Gasteiger partial charge < -0.3 is 10.6 Å². The molecule has 0 bridgehead atoms. The number of nitrogens with one attached hydrogen (secondary N) is 2. The second kappa shape index (κ2) is 5.97. The summed E-state index contributed by atoms with van der Waals surface area (Å²) in [5, 5.41) is 5.95. The molecule has 0 saturated carbocycles. The highest BCUT2D eigenvalue weighted by Gasteiger charge is 2.21. The molecule has 0 aliphatic carbocycles. The summed E-state index contributed by atoms with van der Waals surface area (Å²) in [5.74, 6) is 0.482. The Labute approximate surface area is 81.3 Å². The minimum Gasteiger partial charge on any atom is -0.353 e. The molecule has 0 aromatic carbocycles. The van der Waals surface area contributed by atoms with Gasteiger partial charge in [-0.1, -0.05) is 20.3 Å². The third-order valence-electron chi connectivity index (χ3n) is 2.24. The molecule has 0 aliphatic heterocycles. The fourth-order valence-corrected chi connectivity index (χ4v) is 1.28. The first-order valence-corrected chi connectivity index (χ1v) is 5.00. The molecule has 0 spiro atoms. The first-order valence-electron chi connectivity index (χ1n) is 5.00. The molecule has 13 heavy (non-hydrogen) atoms.